The summed E-state index contributed by atoms with van der Waals surface area (Å²) >= 11 is 0. The van der Waals surface area contributed by atoms with Crippen molar-refractivity contribution in [2.75, 3.05) is 41.0 Å². The number of nitrogens with zero attached hydrogens (tertiary/aromatic N) is 1. The van der Waals surface area contributed by atoms with Gasteiger partial charge in [-0.3, -0.25) is 19.3 Å². The highest BCUT2D eigenvalue weighted by Gasteiger charge is 2.97. The number of ether oxygens (including phenoxy) is 6. The summed E-state index contributed by atoms with van der Waals surface area (Å²) < 4.78 is 36.9. The van der Waals surface area contributed by atoms with Gasteiger partial charge in [0.25, 0.3) is 0 Å². The Bertz CT molecular complexity index is 1170. The Balaban J connectivity index is 1.77. The van der Waals surface area contributed by atoms with Crippen LogP contribution in [0.25, 0.3) is 0 Å². The number of rotatable bonds is 8. The van der Waals surface area contributed by atoms with Crippen molar-refractivity contribution in [2.24, 2.45) is 28.6 Å². The lowest BCUT2D eigenvalue weighted by Crippen LogP contribution is -2.87. The molecule has 13 atom stereocenters. The van der Waals surface area contributed by atoms with E-state index in [0.717, 1.165) is 0 Å². The number of likely N-dealkylation sites (tertiary alicyclic amines) is 1. The van der Waals surface area contributed by atoms with Gasteiger partial charge in [0, 0.05) is 72.3 Å². The first-order valence-corrected chi connectivity index (χ1v) is 15.1. The van der Waals surface area contributed by atoms with E-state index in [1.807, 2.05) is 6.92 Å². The fraction of sp³-hybridized carbons (Fsp3) is 0.900. The van der Waals surface area contributed by atoms with Gasteiger partial charge in [0.05, 0.1) is 36.2 Å². The second-order valence-electron chi connectivity index (χ2n) is 13.6. The number of aliphatic hydroxyl groups is 2. The van der Waals surface area contributed by atoms with E-state index >= 15 is 0 Å². The summed E-state index contributed by atoms with van der Waals surface area (Å²) in [5.74, 6) is -3.66. The Kier molecular flexibility index (Phi) is 6.89. The molecule has 5 saturated carbocycles. The normalized spacial score (nSPS) is 51.6. The molecule has 12 nitrogen and oxygen atoms in total. The zero-order valence-electron chi connectivity index (χ0n) is 25.6. The summed E-state index contributed by atoms with van der Waals surface area (Å²) in [6.45, 7) is 7.32. The molecular formula is C30H45NO11. The molecule has 1 saturated heterocycles. The van der Waals surface area contributed by atoms with Crippen LogP contribution in [0, 0.1) is 28.6 Å². The lowest BCUT2D eigenvalue weighted by molar-refractivity contribution is -0.356. The topological polar surface area (TPSA) is 150 Å². The highest BCUT2D eigenvalue weighted by Crippen LogP contribution is 2.82. The minimum Gasteiger partial charge on any atom is -0.462 e. The number of likely N-dealkylation sites (N-methyl/N-ethyl adjacent to an activating group) is 1. The van der Waals surface area contributed by atoms with E-state index in [2.05, 4.69) is 4.90 Å². The van der Waals surface area contributed by atoms with E-state index in [0.29, 0.717) is 32.5 Å². The fourth-order valence-electron chi connectivity index (χ4n) is 11.8. The van der Waals surface area contributed by atoms with E-state index in [1.165, 1.54) is 35.0 Å². The summed E-state index contributed by atoms with van der Waals surface area (Å²) in [6, 6.07) is -0.826. The van der Waals surface area contributed by atoms with Crippen molar-refractivity contribution < 1.29 is 53.0 Å². The molecular weight excluding hydrogens is 550 g/mol. The molecule has 0 amide bonds. The highest BCUT2D eigenvalue weighted by molar-refractivity contribution is 5.69. The van der Waals surface area contributed by atoms with Crippen molar-refractivity contribution in [1.29, 1.82) is 0 Å². The molecule has 42 heavy (non-hydrogen) atoms. The Morgan fingerprint density at radius 1 is 0.929 bits per heavy atom. The molecule has 5 aliphatic carbocycles. The summed E-state index contributed by atoms with van der Waals surface area (Å²) in [6.07, 6.45) is -2.07. The maximum atomic E-state index is 13.4. The minimum atomic E-state index is -1.97. The van der Waals surface area contributed by atoms with Gasteiger partial charge in [-0.05, 0) is 25.8 Å². The van der Waals surface area contributed by atoms with Gasteiger partial charge in [0.2, 0.25) is 0 Å². The molecule has 1 heterocycles. The van der Waals surface area contributed by atoms with E-state index in [9.17, 15) is 24.6 Å². The molecule has 6 rings (SSSR count). The molecule has 6 fully saturated rings. The molecule has 1 spiro atoms. The molecule has 12 heteroatoms. The van der Waals surface area contributed by atoms with Gasteiger partial charge in [-0.1, -0.05) is 6.92 Å². The minimum absolute atomic E-state index is 0.0162. The van der Waals surface area contributed by atoms with Crippen LogP contribution in [0.5, 0.6) is 0 Å². The number of fused-ring (bicyclic) bond motifs is 2. The molecule has 0 aromatic carbocycles. The molecule has 6 aliphatic rings. The third kappa shape index (κ3) is 3.21. The van der Waals surface area contributed by atoms with Crippen LogP contribution in [0.3, 0.4) is 0 Å². The van der Waals surface area contributed by atoms with Gasteiger partial charge in [-0.25, -0.2) is 0 Å². The van der Waals surface area contributed by atoms with Gasteiger partial charge < -0.3 is 38.6 Å². The molecule has 0 aromatic rings. The van der Waals surface area contributed by atoms with E-state index < -0.39 is 93.8 Å². The SMILES string of the molecule is CCN1C[C@]2(COC)CC[C@H](OC(C)=O)[C@]34C1[C@](O)([C@@H](OC)[C@H]23)[C@@]1(O)C[C@H](OC)[C@H]2C[C@]4(OC(C)=O)[C@@H]1[C@H]2OC(C)=O. The lowest BCUT2D eigenvalue weighted by atomic mass is 9.40. The van der Waals surface area contributed by atoms with Crippen LogP contribution in [-0.2, 0) is 42.8 Å². The zero-order valence-corrected chi connectivity index (χ0v) is 25.6. The van der Waals surface area contributed by atoms with Gasteiger partial charge in [0.15, 0.2) is 0 Å². The second kappa shape index (κ2) is 9.58. The number of esters is 3. The average molecular weight is 596 g/mol. The number of carbonyl (C=O) groups excluding carboxylic acids is 3. The van der Waals surface area contributed by atoms with Crippen molar-refractivity contribution in [1.82, 2.24) is 4.90 Å². The molecule has 1 unspecified atom stereocenters. The summed E-state index contributed by atoms with van der Waals surface area (Å²) in [5.41, 5.74) is -7.26. The number of carbonyl (C=O) groups is 3. The van der Waals surface area contributed by atoms with Crippen LogP contribution in [0.1, 0.15) is 53.4 Å². The number of hydrogen-bond donors (Lipinski definition) is 2. The first-order valence-electron chi connectivity index (χ1n) is 15.1. The van der Waals surface area contributed by atoms with E-state index in [4.69, 9.17) is 28.4 Å². The van der Waals surface area contributed by atoms with Crippen molar-refractivity contribution in [3.63, 3.8) is 0 Å². The van der Waals surface area contributed by atoms with Gasteiger partial charge in [0.1, 0.15) is 29.0 Å². The number of methoxy groups -OCH3 is 3. The number of piperidine rings is 1. The largest absolute Gasteiger partial charge is 0.462 e. The van der Waals surface area contributed by atoms with Crippen LogP contribution in [-0.4, -0.2) is 121 Å². The van der Waals surface area contributed by atoms with Crippen molar-refractivity contribution >= 4 is 17.9 Å². The molecule has 236 valence electrons. The van der Waals surface area contributed by atoms with Crippen LogP contribution < -0.4 is 0 Å². The second-order valence-corrected chi connectivity index (χ2v) is 13.6. The Morgan fingerprint density at radius 2 is 1.62 bits per heavy atom. The predicted molar refractivity (Wildman–Crippen MR) is 144 cm³/mol. The van der Waals surface area contributed by atoms with E-state index in [1.54, 1.807) is 7.11 Å². The molecule has 7 bridgehead atoms. The maximum Gasteiger partial charge on any atom is 0.303 e. The molecule has 1 aliphatic heterocycles. The van der Waals surface area contributed by atoms with Gasteiger partial charge >= 0.3 is 17.9 Å². The van der Waals surface area contributed by atoms with Gasteiger partial charge in [-0.15, -0.1) is 0 Å². The first-order chi connectivity index (χ1) is 19.8. The third-order valence-electron chi connectivity index (χ3n) is 12.2. The third-order valence-corrected chi connectivity index (χ3v) is 12.2. The summed E-state index contributed by atoms with van der Waals surface area (Å²) in [7, 11) is 4.68. The Labute approximate surface area is 246 Å². The van der Waals surface area contributed by atoms with Crippen LogP contribution in [0.2, 0.25) is 0 Å². The Morgan fingerprint density at radius 3 is 2.17 bits per heavy atom. The fourth-order valence-corrected chi connectivity index (χ4v) is 11.8. The van der Waals surface area contributed by atoms with Gasteiger partial charge in [-0.2, -0.15) is 0 Å². The predicted octanol–water partition coefficient (Wildman–Crippen LogP) is 0.444. The molecule has 2 N–H and O–H groups in total. The van der Waals surface area contributed by atoms with Crippen molar-refractivity contribution in [2.45, 2.75) is 101 Å². The zero-order chi connectivity index (χ0) is 30.6. The van der Waals surface area contributed by atoms with Crippen LogP contribution in [0.15, 0.2) is 0 Å². The van der Waals surface area contributed by atoms with Crippen LogP contribution in [0.4, 0.5) is 0 Å². The monoisotopic (exact) mass is 595 g/mol. The smallest absolute Gasteiger partial charge is 0.303 e. The summed E-state index contributed by atoms with van der Waals surface area (Å²) in [4.78, 5) is 40.7. The quantitative estimate of drug-likeness (QED) is 0.296. The first kappa shape index (κ1) is 30.2. The number of hydrogen-bond acceptors (Lipinski definition) is 12. The maximum absolute atomic E-state index is 13.4. The summed E-state index contributed by atoms with van der Waals surface area (Å²) in [5, 5.41) is 26.6. The van der Waals surface area contributed by atoms with Crippen molar-refractivity contribution in [3.05, 3.63) is 0 Å². The van der Waals surface area contributed by atoms with Crippen molar-refractivity contribution in [3.8, 4) is 0 Å². The Hall–Kier alpha value is -1.83. The highest BCUT2D eigenvalue weighted by atomic mass is 16.6. The van der Waals surface area contributed by atoms with Crippen LogP contribution >= 0.6 is 0 Å². The van der Waals surface area contributed by atoms with E-state index in [-0.39, 0.29) is 12.8 Å². The lowest BCUT2D eigenvalue weighted by Gasteiger charge is -2.72. The molecule has 0 radical (unpaired) electrons. The standard InChI is InChI=1S/C30H45NO11/c1-8-31-13-26(14-37-5)10-9-20(40-15(2)32)29-23(26)24(39-7)30(36,25(29)31)27(35)12-19(38-6)18-11-28(29,42-17(4)34)22(27)21(18)41-16(3)33/h18-25,35-36H,8-14H2,1-7H3/t18-,19+,20+,21+,22-,23-,24+,25?,26+,27-,28+,29-,30-/m1/s1. The molecule has 0 aromatic heterocycles. The average Bonchev–Trinajstić information content (AvgIpc) is 3.26.